The molecule has 2 unspecified atom stereocenters. The monoisotopic (exact) mass is 571 g/mol. The lowest BCUT2D eigenvalue weighted by Crippen LogP contribution is -2.43. The molecule has 2 atom stereocenters. The van der Waals surface area contributed by atoms with E-state index < -0.39 is 0 Å². The lowest BCUT2D eigenvalue weighted by atomic mass is 9.66. The SMILES string of the molecule is CCCCCCCCCCCCCCCC[n+]1cc[nH]c1C(CCCCC)C(C)(Cc1ccccc1)c1ccccc1. The van der Waals surface area contributed by atoms with Gasteiger partial charge in [0.15, 0.2) is 0 Å². The maximum atomic E-state index is 3.76. The molecule has 0 saturated carbocycles. The van der Waals surface area contributed by atoms with Gasteiger partial charge in [0.25, 0.3) is 5.82 Å². The Morgan fingerprint density at radius 2 is 1.12 bits per heavy atom. The summed E-state index contributed by atoms with van der Waals surface area (Å²) in [7, 11) is 0. The summed E-state index contributed by atoms with van der Waals surface area (Å²) in [6, 6.07) is 22.4. The zero-order valence-corrected chi connectivity index (χ0v) is 27.6. The molecule has 1 N–H and O–H groups in total. The predicted octanol–water partition coefficient (Wildman–Crippen LogP) is 11.6. The van der Waals surface area contributed by atoms with E-state index in [0.29, 0.717) is 5.92 Å². The minimum absolute atomic E-state index is 0.0124. The Morgan fingerprint density at radius 3 is 1.69 bits per heavy atom. The quantitative estimate of drug-likeness (QED) is 0.0815. The van der Waals surface area contributed by atoms with Gasteiger partial charge in [-0.15, -0.1) is 0 Å². The number of unbranched alkanes of at least 4 members (excludes halogenated alkanes) is 15. The maximum absolute atomic E-state index is 3.76. The first-order valence-electron chi connectivity index (χ1n) is 17.8. The number of aromatic amines is 1. The van der Waals surface area contributed by atoms with Gasteiger partial charge in [0.1, 0.15) is 12.4 Å². The van der Waals surface area contributed by atoms with Gasteiger partial charge in [0, 0.05) is 5.41 Å². The molecule has 1 aromatic heterocycles. The van der Waals surface area contributed by atoms with Crippen molar-refractivity contribution < 1.29 is 4.57 Å². The van der Waals surface area contributed by atoms with Crippen molar-refractivity contribution in [3.8, 4) is 0 Å². The van der Waals surface area contributed by atoms with Crippen LogP contribution in [0.5, 0.6) is 0 Å². The fourth-order valence-electron chi connectivity index (χ4n) is 6.97. The Morgan fingerprint density at radius 1 is 0.619 bits per heavy atom. The number of hydrogen-bond donors (Lipinski definition) is 1. The number of aryl methyl sites for hydroxylation is 1. The van der Waals surface area contributed by atoms with E-state index in [-0.39, 0.29) is 5.41 Å². The molecule has 3 rings (SSSR count). The molecular formula is C40H63N2+. The van der Waals surface area contributed by atoms with Crippen LogP contribution < -0.4 is 4.57 Å². The van der Waals surface area contributed by atoms with E-state index in [1.165, 1.54) is 133 Å². The third-order valence-electron chi connectivity index (χ3n) is 9.59. The highest BCUT2D eigenvalue weighted by Gasteiger charge is 2.41. The van der Waals surface area contributed by atoms with Gasteiger partial charge in [-0.25, -0.2) is 9.55 Å². The van der Waals surface area contributed by atoms with Gasteiger partial charge < -0.3 is 0 Å². The number of rotatable bonds is 24. The number of benzene rings is 2. The lowest BCUT2D eigenvalue weighted by molar-refractivity contribution is -0.705. The summed E-state index contributed by atoms with van der Waals surface area (Å²) >= 11 is 0. The number of H-pyrrole nitrogens is 1. The van der Waals surface area contributed by atoms with Crippen LogP contribution in [0.15, 0.2) is 73.1 Å². The molecule has 232 valence electrons. The highest BCUT2D eigenvalue weighted by molar-refractivity contribution is 5.32. The van der Waals surface area contributed by atoms with E-state index in [1.54, 1.807) is 0 Å². The Balaban J connectivity index is 1.55. The summed E-state index contributed by atoms with van der Waals surface area (Å²) < 4.78 is 2.56. The molecule has 0 aliphatic rings. The molecule has 2 nitrogen and oxygen atoms in total. The van der Waals surface area contributed by atoms with Gasteiger partial charge in [-0.2, -0.15) is 0 Å². The smallest absolute Gasteiger partial charge is 0.247 e. The summed E-state index contributed by atoms with van der Waals surface area (Å²) in [5.74, 6) is 1.86. The summed E-state index contributed by atoms with van der Waals surface area (Å²) in [6.45, 7) is 8.26. The summed E-state index contributed by atoms with van der Waals surface area (Å²) in [4.78, 5) is 3.76. The molecule has 0 bridgehead atoms. The average Bonchev–Trinajstić information content (AvgIpc) is 3.48. The Labute approximate surface area is 259 Å². The summed E-state index contributed by atoms with van der Waals surface area (Å²) in [5, 5.41) is 0. The largest absolute Gasteiger partial charge is 0.258 e. The Kier molecular flexibility index (Phi) is 16.7. The Bertz CT molecular complexity index is 1040. The van der Waals surface area contributed by atoms with E-state index in [4.69, 9.17) is 0 Å². The van der Waals surface area contributed by atoms with Crippen LogP contribution in [0.1, 0.15) is 159 Å². The van der Waals surface area contributed by atoms with Crippen LogP contribution in [0.3, 0.4) is 0 Å². The number of nitrogens with zero attached hydrogens (tertiary/aromatic N) is 1. The minimum atomic E-state index is 0.0124. The number of nitrogens with one attached hydrogen (secondary N) is 1. The van der Waals surface area contributed by atoms with E-state index in [2.05, 4.69) is 103 Å². The van der Waals surface area contributed by atoms with Gasteiger partial charge in [0.2, 0.25) is 0 Å². The van der Waals surface area contributed by atoms with Gasteiger partial charge >= 0.3 is 0 Å². The van der Waals surface area contributed by atoms with Crippen LogP contribution in [-0.4, -0.2) is 4.98 Å². The maximum Gasteiger partial charge on any atom is 0.258 e. The normalized spacial score (nSPS) is 13.7. The summed E-state index contributed by atoms with van der Waals surface area (Å²) in [6.07, 6.45) is 30.3. The van der Waals surface area contributed by atoms with Crippen molar-refractivity contribution in [1.29, 1.82) is 0 Å². The third kappa shape index (κ3) is 11.7. The van der Waals surface area contributed by atoms with Crippen LogP contribution in [0.4, 0.5) is 0 Å². The van der Waals surface area contributed by atoms with Crippen molar-refractivity contribution in [1.82, 2.24) is 4.98 Å². The molecule has 0 amide bonds. The van der Waals surface area contributed by atoms with Crippen LogP contribution in [0.2, 0.25) is 0 Å². The predicted molar refractivity (Wildman–Crippen MR) is 182 cm³/mol. The third-order valence-corrected chi connectivity index (χ3v) is 9.59. The van der Waals surface area contributed by atoms with Crippen molar-refractivity contribution in [3.05, 3.63) is 90.0 Å². The second-order valence-corrected chi connectivity index (χ2v) is 13.1. The molecule has 2 heteroatoms. The molecule has 0 saturated heterocycles. The highest BCUT2D eigenvalue weighted by atomic mass is 15.1. The first-order valence-corrected chi connectivity index (χ1v) is 17.8. The highest BCUT2D eigenvalue weighted by Crippen LogP contribution is 2.43. The number of aromatic nitrogens is 2. The van der Waals surface area contributed by atoms with Crippen LogP contribution in [-0.2, 0) is 18.4 Å². The van der Waals surface area contributed by atoms with Crippen LogP contribution >= 0.6 is 0 Å². The van der Waals surface area contributed by atoms with Crippen molar-refractivity contribution in [2.24, 2.45) is 0 Å². The number of hydrogen-bond acceptors (Lipinski definition) is 0. The second-order valence-electron chi connectivity index (χ2n) is 13.1. The van der Waals surface area contributed by atoms with Crippen LogP contribution in [0, 0.1) is 0 Å². The first-order chi connectivity index (χ1) is 20.7. The van der Waals surface area contributed by atoms with Gasteiger partial charge in [-0.05, 0) is 36.8 Å². The lowest BCUT2D eigenvalue weighted by Gasteiger charge is -2.37. The van der Waals surface area contributed by atoms with Crippen molar-refractivity contribution >= 4 is 0 Å². The zero-order chi connectivity index (χ0) is 29.7. The van der Waals surface area contributed by atoms with Crippen molar-refractivity contribution in [2.75, 3.05) is 0 Å². The first kappa shape index (κ1) is 34.1. The minimum Gasteiger partial charge on any atom is -0.247 e. The molecule has 2 aromatic carbocycles. The van der Waals surface area contributed by atoms with Crippen LogP contribution in [0.25, 0.3) is 0 Å². The van der Waals surface area contributed by atoms with Crippen molar-refractivity contribution in [2.45, 2.75) is 161 Å². The van der Waals surface area contributed by atoms with E-state index in [0.717, 1.165) is 13.0 Å². The van der Waals surface area contributed by atoms with Gasteiger partial charge in [-0.3, -0.25) is 0 Å². The molecule has 3 aromatic rings. The topological polar surface area (TPSA) is 19.7 Å². The van der Waals surface area contributed by atoms with Gasteiger partial charge in [0.05, 0.1) is 12.5 Å². The average molecular weight is 572 g/mol. The molecule has 0 aliphatic heterocycles. The van der Waals surface area contributed by atoms with E-state index in [9.17, 15) is 0 Å². The van der Waals surface area contributed by atoms with E-state index >= 15 is 0 Å². The molecule has 0 spiro atoms. The fraction of sp³-hybridized carbons (Fsp3) is 0.625. The van der Waals surface area contributed by atoms with E-state index in [1.807, 2.05) is 0 Å². The second kappa shape index (κ2) is 20.5. The summed E-state index contributed by atoms with van der Waals surface area (Å²) in [5.41, 5.74) is 2.89. The molecule has 1 heterocycles. The molecule has 0 fully saturated rings. The van der Waals surface area contributed by atoms with Crippen molar-refractivity contribution in [3.63, 3.8) is 0 Å². The molecule has 42 heavy (non-hydrogen) atoms. The van der Waals surface area contributed by atoms with Gasteiger partial charge in [-0.1, -0.05) is 178 Å². The fourth-order valence-corrected chi connectivity index (χ4v) is 6.97. The Hall–Kier alpha value is -2.35. The molecular weight excluding hydrogens is 508 g/mol. The molecule has 0 radical (unpaired) electrons. The molecule has 0 aliphatic carbocycles. The zero-order valence-electron chi connectivity index (χ0n) is 27.6. The number of imidazole rings is 1. The standard InChI is InChI=1S/C40H62N2/c1-4-6-8-9-10-11-12-13-14-15-16-17-18-26-33-42-34-32-41-39(42)38(31-21-7-5-2)40(3,37-29-24-20-25-30-37)35-36-27-22-19-23-28-36/h19-20,22-25,27-30,32,34,38H,4-18,21,26,31,33,35H2,1-3H3/p+1.